The number of piperazine rings is 1. The number of ether oxygens (including phenoxy) is 3. The van der Waals surface area contributed by atoms with Gasteiger partial charge in [-0.25, -0.2) is 4.79 Å². The summed E-state index contributed by atoms with van der Waals surface area (Å²) in [5.41, 5.74) is 2.11. The lowest BCUT2D eigenvalue weighted by molar-refractivity contribution is -0.160. The molecule has 12 nitrogen and oxygen atoms in total. The molecule has 2 aromatic rings. The summed E-state index contributed by atoms with van der Waals surface area (Å²) in [5, 5.41) is 12.5. The van der Waals surface area contributed by atoms with Crippen LogP contribution in [0.15, 0.2) is 48.5 Å². The second-order valence-electron chi connectivity index (χ2n) is 10.2. The van der Waals surface area contributed by atoms with Crippen LogP contribution in [0.25, 0.3) is 0 Å². The van der Waals surface area contributed by atoms with Gasteiger partial charge in [-0.15, -0.1) is 0 Å². The summed E-state index contributed by atoms with van der Waals surface area (Å²) in [6.07, 6.45) is 0.269. The van der Waals surface area contributed by atoms with Crippen molar-refractivity contribution in [3.63, 3.8) is 0 Å². The third-order valence-corrected chi connectivity index (χ3v) is 7.09. The van der Waals surface area contributed by atoms with Gasteiger partial charge in [0.15, 0.2) is 0 Å². The summed E-state index contributed by atoms with van der Waals surface area (Å²) >= 11 is 0. The second kappa shape index (κ2) is 16.1. The maximum atomic E-state index is 14.0. The number of phenols is 1. The van der Waals surface area contributed by atoms with Crippen LogP contribution in [0.5, 0.6) is 5.75 Å². The molecular weight excluding hydrogens is 558 g/mol. The Kier molecular flexibility index (Phi) is 12.3. The molecule has 2 atom stereocenters. The molecule has 1 fully saturated rings. The number of rotatable bonds is 13. The van der Waals surface area contributed by atoms with Crippen molar-refractivity contribution in [1.82, 2.24) is 15.1 Å². The van der Waals surface area contributed by atoms with Crippen LogP contribution >= 0.6 is 0 Å². The highest BCUT2D eigenvalue weighted by atomic mass is 16.5. The van der Waals surface area contributed by atoms with Crippen LogP contribution in [0, 0.1) is 6.92 Å². The smallest absolute Gasteiger partial charge is 0.408 e. The molecule has 1 aliphatic rings. The fraction of sp³-hybridized carbons (Fsp3) is 0.452. The number of alkyl carbamates (subject to hydrolysis) is 1. The van der Waals surface area contributed by atoms with E-state index in [1.54, 1.807) is 37.3 Å². The zero-order valence-electron chi connectivity index (χ0n) is 24.7. The Balaban J connectivity index is 1.82. The Hall–Kier alpha value is -4.61. The number of nitrogens with one attached hydrogen (secondary N) is 1. The number of aryl methyl sites for hydroxylation is 1. The zero-order chi connectivity index (χ0) is 31.4. The van der Waals surface area contributed by atoms with Gasteiger partial charge in [-0.3, -0.25) is 19.2 Å². The van der Waals surface area contributed by atoms with E-state index in [0.717, 1.165) is 12.0 Å². The number of methoxy groups -OCH3 is 1. The van der Waals surface area contributed by atoms with E-state index in [9.17, 15) is 29.1 Å². The van der Waals surface area contributed by atoms with Gasteiger partial charge < -0.3 is 34.4 Å². The first-order valence-corrected chi connectivity index (χ1v) is 14.2. The van der Waals surface area contributed by atoms with Gasteiger partial charge in [0.25, 0.3) is 0 Å². The highest BCUT2D eigenvalue weighted by Crippen LogP contribution is 2.21. The molecule has 0 aromatic heterocycles. The molecule has 1 aliphatic heterocycles. The molecule has 0 aliphatic carbocycles. The predicted molar refractivity (Wildman–Crippen MR) is 155 cm³/mol. The quantitative estimate of drug-likeness (QED) is 0.202. The molecule has 2 aromatic carbocycles. The fourth-order valence-corrected chi connectivity index (χ4v) is 4.67. The molecule has 3 rings (SSSR count). The van der Waals surface area contributed by atoms with E-state index < -0.39 is 48.4 Å². The minimum atomic E-state index is -1.26. The van der Waals surface area contributed by atoms with Crippen LogP contribution < -0.4 is 5.32 Å². The number of carbonyl (C=O) groups is 5. The Morgan fingerprint density at radius 2 is 1.79 bits per heavy atom. The topological polar surface area (TPSA) is 152 Å². The van der Waals surface area contributed by atoms with Gasteiger partial charge in [-0.2, -0.15) is 0 Å². The molecule has 1 saturated heterocycles. The third-order valence-electron chi connectivity index (χ3n) is 7.09. The number of esters is 2. The fourth-order valence-electron chi connectivity index (χ4n) is 4.67. The highest BCUT2D eigenvalue weighted by molar-refractivity contribution is 5.95. The summed E-state index contributed by atoms with van der Waals surface area (Å²) in [4.78, 5) is 67.5. The van der Waals surface area contributed by atoms with Crippen molar-refractivity contribution in [1.29, 1.82) is 0 Å². The first-order valence-electron chi connectivity index (χ1n) is 14.2. The van der Waals surface area contributed by atoms with Gasteiger partial charge in [0.05, 0.1) is 20.1 Å². The summed E-state index contributed by atoms with van der Waals surface area (Å²) < 4.78 is 15.3. The van der Waals surface area contributed by atoms with E-state index in [1.807, 2.05) is 13.0 Å². The van der Waals surface area contributed by atoms with E-state index >= 15 is 0 Å². The molecule has 0 saturated carbocycles. The van der Waals surface area contributed by atoms with E-state index in [-0.39, 0.29) is 45.0 Å². The Bertz CT molecular complexity index is 1280. The molecule has 1 unspecified atom stereocenters. The first-order chi connectivity index (χ1) is 20.6. The summed E-state index contributed by atoms with van der Waals surface area (Å²) in [5.74, 6) is -2.47. The Morgan fingerprint density at radius 1 is 1.05 bits per heavy atom. The molecule has 2 N–H and O–H groups in total. The van der Waals surface area contributed by atoms with Crippen molar-refractivity contribution in [3.05, 3.63) is 65.2 Å². The van der Waals surface area contributed by atoms with E-state index in [4.69, 9.17) is 14.2 Å². The number of unbranched alkanes of at least 4 members (excludes halogenated alkanes) is 1. The number of carbonyl (C=O) groups excluding carboxylic acids is 5. The molecule has 12 heteroatoms. The second-order valence-corrected chi connectivity index (χ2v) is 10.2. The first kappa shape index (κ1) is 32.9. The minimum absolute atomic E-state index is 0.000275. The van der Waals surface area contributed by atoms with Crippen molar-refractivity contribution < 1.29 is 43.3 Å². The third kappa shape index (κ3) is 9.73. The van der Waals surface area contributed by atoms with Crippen LogP contribution in [0.1, 0.15) is 42.9 Å². The molecule has 232 valence electrons. The van der Waals surface area contributed by atoms with Gasteiger partial charge in [-0.1, -0.05) is 49.7 Å². The SMILES string of the molecule is CCCCOC(=O)CN1CCN(C(=O)[C@H](Cc2ccc(O)cc2C)NC(=O)OCc2ccccc2)C(CC(=O)OC)C1=O. The van der Waals surface area contributed by atoms with Crippen molar-refractivity contribution in [3.8, 4) is 5.75 Å². The molecule has 3 amide bonds. The van der Waals surface area contributed by atoms with Crippen molar-refractivity contribution in [2.24, 2.45) is 0 Å². The van der Waals surface area contributed by atoms with Crippen molar-refractivity contribution in [2.75, 3.05) is 33.4 Å². The van der Waals surface area contributed by atoms with Crippen LogP contribution in [-0.4, -0.2) is 90.2 Å². The van der Waals surface area contributed by atoms with Gasteiger partial charge in [0, 0.05) is 19.5 Å². The minimum Gasteiger partial charge on any atom is -0.508 e. The Morgan fingerprint density at radius 3 is 2.47 bits per heavy atom. The monoisotopic (exact) mass is 597 g/mol. The normalized spacial score (nSPS) is 15.4. The summed E-state index contributed by atoms with van der Waals surface area (Å²) in [6.45, 7) is 3.63. The number of benzene rings is 2. The standard InChI is InChI=1S/C31H39N3O9/c1-4-5-15-42-28(37)19-33-13-14-34(26(30(33)39)18-27(36)41-3)29(38)25(17-23-11-12-24(35)16-21(23)2)32-31(40)43-20-22-9-7-6-8-10-22/h6-12,16,25-26,35H,4-5,13-15,17-20H2,1-3H3,(H,32,40)/t25-,26?/m0/s1. The maximum Gasteiger partial charge on any atom is 0.408 e. The number of amides is 3. The van der Waals surface area contributed by atoms with Gasteiger partial charge in [0.2, 0.25) is 11.8 Å². The molecule has 43 heavy (non-hydrogen) atoms. The van der Waals surface area contributed by atoms with Crippen LogP contribution in [0.4, 0.5) is 4.79 Å². The van der Waals surface area contributed by atoms with E-state index in [0.29, 0.717) is 17.5 Å². The lowest BCUT2D eigenvalue weighted by Gasteiger charge is -2.41. The number of aromatic hydroxyl groups is 1. The van der Waals surface area contributed by atoms with Crippen LogP contribution in [-0.2, 0) is 46.4 Å². The lowest BCUT2D eigenvalue weighted by atomic mass is 9.98. The molecule has 0 bridgehead atoms. The van der Waals surface area contributed by atoms with Crippen molar-refractivity contribution >= 4 is 29.8 Å². The van der Waals surface area contributed by atoms with E-state index in [1.165, 1.54) is 29.0 Å². The molecule has 0 spiro atoms. The maximum absolute atomic E-state index is 14.0. The number of phenolic OH excluding ortho intramolecular Hbond substituents is 1. The number of nitrogens with zero attached hydrogens (tertiary/aromatic N) is 2. The number of hydrogen-bond acceptors (Lipinski definition) is 9. The lowest BCUT2D eigenvalue weighted by Crippen LogP contribution is -2.63. The summed E-state index contributed by atoms with van der Waals surface area (Å²) in [7, 11) is 1.17. The Labute approximate surface area is 250 Å². The van der Waals surface area contributed by atoms with E-state index in [2.05, 4.69) is 5.32 Å². The van der Waals surface area contributed by atoms with Crippen LogP contribution in [0.3, 0.4) is 0 Å². The molecule has 1 heterocycles. The highest BCUT2D eigenvalue weighted by Gasteiger charge is 2.42. The predicted octanol–water partition coefficient (Wildman–Crippen LogP) is 2.48. The number of hydrogen-bond donors (Lipinski definition) is 2. The van der Waals surface area contributed by atoms with Gasteiger partial charge in [-0.05, 0) is 42.2 Å². The van der Waals surface area contributed by atoms with Gasteiger partial charge in [0.1, 0.15) is 31.0 Å². The van der Waals surface area contributed by atoms with Crippen molar-refractivity contribution in [2.45, 2.75) is 58.2 Å². The largest absolute Gasteiger partial charge is 0.508 e. The summed E-state index contributed by atoms with van der Waals surface area (Å²) in [6, 6.07) is 11.2. The zero-order valence-corrected chi connectivity index (χ0v) is 24.7. The average molecular weight is 598 g/mol. The molecule has 0 radical (unpaired) electrons. The van der Waals surface area contributed by atoms with Gasteiger partial charge >= 0.3 is 18.0 Å². The van der Waals surface area contributed by atoms with Crippen LogP contribution in [0.2, 0.25) is 0 Å². The average Bonchev–Trinajstić information content (AvgIpc) is 2.99. The molecular formula is C31H39N3O9.